The molecule has 1 fully saturated rings. The molecule has 3 heteroatoms. The highest BCUT2D eigenvalue weighted by atomic mass is 16.1. The molecule has 0 aliphatic heterocycles. The van der Waals surface area contributed by atoms with Crippen molar-refractivity contribution in [2.45, 2.75) is 39.2 Å². The van der Waals surface area contributed by atoms with Crippen LogP contribution < -0.4 is 10.6 Å². The van der Waals surface area contributed by atoms with Gasteiger partial charge < -0.3 is 10.6 Å². The third-order valence-electron chi connectivity index (χ3n) is 2.70. The van der Waals surface area contributed by atoms with Crippen LogP contribution in [-0.4, -0.2) is 25.0 Å². The highest BCUT2D eigenvalue weighted by Gasteiger charge is 2.26. The van der Waals surface area contributed by atoms with E-state index in [0.717, 1.165) is 19.5 Å². The normalized spacial score (nSPS) is 27.5. The van der Waals surface area contributed by atoms with Gasteiger partial charge in [0.05, 0.1) is 0 Å². The summed E-state index contributed by atoms with van der Waals surface area (Å²) >= 11 is 0. The van der Waals surface area contributed by atoms with Crippen molar-refractivity contribution in [3.8, 4) is 0 Å². The van der Waals surface area contributed by atoms with Crippen LogP contribution in [0.4, 0.5) is 0 Å². The van der Waals surface area contributed by atoms with Gasteiger partial charge in [-0.2, -0.15) is 0 Å². The first kappa shape index (κ1) is 10.5. The summed E-state index contributed by atoms with van der Waals surface area (Å²) in [6, 6.07) is 0.413. The van der Waals surface area contributed by atoms with Crippen molar-refractivity contribution in [3.63, 3.8) is 0 Å². The van der Waals surface area contributed by atoms with E-state index in [-0.39, 0.29) is 5.91 Å². The van der Waals surface area contributed by atoms with Gasteiger partial charge in [-0.05, 0) is 31.8 Å². The maximum Gasteiger partial charge on any atom is 0.217 e. The van der Waals surface area contributed by atoms with Crippen LogP contribution >= 0.6 is 0 Å². The molecule has 2 N–H and O–H groups in total. The summed E-state index contributed by atoms with van der Waals surface area (Å²) < 4.78 is 0. The fourth-order valence-corrected chi connectivity index (χ4v) is 2.06. The maximum atomic E-state index is 10.9. The molecular weight excluding hydrogens is 164 g/mol. The molecule has 0 spiro atoms. The molecule has 0 saturated heterocycles. The van der Waals surface area contributed by atoms with E-state index < -0.39 is 0 Å². The quantitative estimate of drug-likeness (QED) is 0.681. The molecule has 3 nitrogen and oxygen atoms in total. The Morgan fingerprint density at radius 2 is 2.23 bits per heavy atom. The highest BCUT2D eigenvalue weighted by Crippen LogP contribution is 2.24. The zero-order chi connectivity index (χ0) is 9.68. The van der Waals surface area contributed by atoms with E-state index in [1.165, 1.54) is 12.8 Å². The molecule has 13 heavy (non-hydrogen) atoms. The van der Waals surface area contributed by atoms with E-state index in [4.69, 9.17) is 0 Å². The van der Waals surface area contributed by atoms with Gasteiger partial charge in [0.15, 0.2) is 0 Å². The molecule has 1 aliphatic carbocycles. The van der Waals surface area contributed by atoms with Gasteiger partial charge in [-0.15, -0.1) is 0 Å². The monoisotopic (exact) mass is 184 g/mol. The van der Waals surface area contributed by atoms with Gasteiger partial charge in [0.25, 0.3) is 0 Å². The summed E-state index contributed by atoms with van der Waals surface area (Å²) in [4.78, 5) is 10.9. The number of hydrogen-bond donors (Lipinski definition) is 2. The highest BCUT2D eigenvalue weighted by molar-refractivity contribution is 5.73. The van der Waals surface area contributed by atoms with E-state index in [1.54, 1.807) is 6.92 Å². The minimum atomic E-state index is 0.105. The van der Waals surface area contributed by atoms with Gasteiger partial charge >= 0.3 is 0 Å². The van der Waals surface area contributed by atoms with Crippen molar-refractivity contribution >= 4 is 5.91 Å². The standard InChI is InChI=1S/C10H20N2O/c1-3-11-7-9-5-4-6-10(9)12-8(2)13/h9-11H,3-7H2,1-2H3,(H,12,13)/t9-,10-/m1/s1. The summed E-state index contributed by atoms with van der Waals surface area (Å²) in [5.41, 5.74) is 0. The Balaban J connectivity index is 2.30. The van der Waals surface area contributed by atoms with Gasteiger partial charge in [-0.3, -0.25) is 4.79 Å². The molecule has 76 valence electrons. The maximum absolute atomic E-state index is 10.9. The van der Waals surface area contributed by atoms with Crippen LogP contribution in [0.2, 0.25) is 0 Å². The largest absolute Gasteiger partial charge is 0.353 e. The second-order valence-corrected chi connectivity index (χ2v) is 3.81. The predicted octanol–water partition coefficient (Wildman–Crippen LogP) is 0.901. The number of amides is 1. The number of carbonyl (C=O) groups is 1. The van der Waals surface area contributed by atoms with Crippen LogP contribution in [0, 0.1) is 5.92 Å². The van der Waals surface area contributed by atoms with Crippen LogP contribution in [0.5, 0.6) is 0 Å². The molecule has 0 aromatic rings. The summed E-state index contributed by atoms with van der Waals surface area (Å²) in [5, 5.41) is 6.36. The lowest BCUT2D eigenvalue weighted by Crippen LogP contribution is -2.39. The first-order chi connectivity index (χ1) is 6.24. The van der Waals surface area contributed by atoms with E-state index in [0.29, 0.717) is 12.0 Å². The zero-order valence-electron chi connectivity index (χ0n) is 8.60. The Morgan fingerprint density at radius 1 is 1.46 bits per heavy atom. The topological polar surface area (TPSA) is 41.1 Å². The Morgan fingerprint density at radius 3 is 2.85 bits per heavy atom. The minimum absolute atomic E-state index is 0.105. The Hall–Kier alpha value is -0.570. The van der Waals surface area contributed by atoms with Crippen LogP contribution in [0.25, 0.3) is 0 Å². The summed E-state index contributed by atoms with van der Waals surface area (Å²) in [6.07, 6.45) is 3.65. The fourth-order valence-electron chi connectivity index (χ4n) is 2.06. The molecule has 1 amide bonds. The number of rotatable bonds is 4. The summed E-state index contributed by atoms with van der Waals surface area (Å²) in [7, 11) is 0. The van der Waals surface area contributed by atoms with E-state index in [2.05, 4.69) is 17.6 Å². The average Bonchev–Trinajstić information content (AvgIpc) is 2.48. The molecule has 0 heterocycles. The first-order valence-electron chi connectivity index (χ1n) is 5.22. The van der Waals surface area contributed by atoms with Crippen molar-refractivity contribution in [1.29, 1.82) is 0 Å². The van der Waals surface area contributed by atoms with Gasteiger partial charge in [-0.25, -0.2) is 0 Å². The molecule has 2 atom stereocenters. The average molecular weight is 184 g/mol. The van der Waals surface area contributed by atoms with E-state index in [1.807, 2.05) is 0 Å². The third kappa shape index (κ3) is 3.35. The van der Waals surface area contributed by atoms with Crippen LogP contribution in [-0.2, 0) is 4.79 Å². The fraction of sp³-hybridized carbons (Fsp3) is 0.900. The van der Waals surface area contributed by atoms with Crippen molar-refractivity contribution in [2.75, 3.05) is 13.1 Å². The van der Waals surface area contributed by atoms with Crippen LogP contribution in [0.3, 0.4) is 0 Å². The minimum Gasteiger partial charge on any atom is -0.353 e. The second-order valence-electron chi connectivity index (χ2n) is 3.81. The molecule has 1 rings (SSSR count). The predicted molar refractivity (Wildman–Crippen MR) is 53.5 cm³/mol. The molecule has 0 radical (unpaired) electrons. The van der Waals surface area contributed by atoms with Crippen LogP contribution in [0.1, 0.15) is 33.1 Å². The molecule has 0 unspecified atom stereocenters. The van der Waals surface area contributed by atoms with Gasteiger partial charge in [0.2, 0.25) is 5.91 Å². The van der Waals surface area contributed by atoms with Crippen molar-refractivity contribution < 1.29 is 4.79 Å². The zero-order valence-corrected chi connectivity index (χ0v) is 8.60. The van der Waals surface area contributed by atoms with Gasteiger partial charge in [-0.1, -0.05) is 13.3 Å². The molecule has 0 aromatic carbocycles. The second kappa shape index (κ2) is 5.22. The van der Waals surface area contributed by atoms with Crippen molar-refractivity contribution in [2.24, 2.45) is 5.92 Å². The lowest BCUT2D eigenvalue weighted by atomic mass is 10.0. The third-order valence-corrected chi connectivity index (χ3v) is 2.70. The summed E-state index contributed by atoms with van der Waals surface area (Å²) in [5.74, 6) is 0.747. The molecule has 0 bridgehead atoms. The number of carbonyl (C=O) groups excluding carboxylic acids is 1. The Kier molecular flexibility index (Phi) is 4.22. The number of nitrogens with one attached hydrogen (secondary N) is 2. The van der Waals surface area contributed by atoms with Crippen molar-refractivity contribution in [3.05, 3.63) is 0 Å². The molecule has 1 aliphatic rings. The van der Waals surface area contributed by atoms with Crippen LogP contribution in [0.15, 0.2) is 0 Å². The smallest absolute Gasteiger partial charge is 0.217 e. The summed E-state index contributed by atoms with van der Waals surface area (Å²) in [6.45, 7) is 5.77. The lowest BCUT2D eigenvalue weighted by Gasteiger charge is -2.20. The van der Waals surface area contributed by atoms with Gasteiger partial charge in [0, 0.05) is 13.0 Å². The first-order valence-corrected chi connectivity index (χ1v) is 5.22. The molecule has 0 aromatic heterocycles. The SMILES string of the molecule is CCNC[C@H]1CCC[C@H]1NC(C)=O. The van der Waals surface area contributed by atoms with Gasteiger partial charge in [0.1, 0.15) is 0 Å². The Bertz CT molecular complexity index is 170. The lowest BCUT2D eigenvalue weighted by molar-refractivity contribution is -0.119. The van der Waals surface area contributed by atoms with E-state index in [9.17, 15) is 4.79 Å². The van der Waals surface area contributed by atoms with Crippen molar-refractivity contribution in [1.82, 2.24) is 10.6 Å². The van der Waals surface area contributed by atoms with E-state index >= 15 is 0 Å². The molecule has 1 saturated carbocycles. The number of hydrogen-bond acceptors (Lipinski definition) is 2. The molecular formula is C10H20N2O. The Labute approximate surface area is 80.3 Å².